The lowest BCUT2D eigenvalue weighted by Gasteiger charge is -2.13. The van der Waals surface area contributed by atoms with Gasteiger partial charge in [-0.1, -0.05) is 36.3 Å². The first-order chi connectivity index (χ1) is 17.3. The maximum absolute atomic E-state index is 15.1. The van der Waals surface area contributed by atoms with Gasteiger partial charge in [-0.2, -0.15) is 5.26 Å². The monoisotopic (exact) mass is 482 g/mol. The van der Waals surface area contributed by atoms with Crippen molar-refractivity contribution in [3.05, 3.63) is 103 Å². The summed E-state index contributed by atoms with van der Waals surface area (Å²) in [5.41, 5.74) is 7.62. The average Bonchev–Trinajstić information content (AvgIpc) is 3.13. The van der Waals surface area contributed by atoms with Crippen molar-refractivity contribution < 1.29 is 13.9 Å². The predicted octanol–water partition coefficient (Wildman–Crippen LogP) is 0.427. The van der Waals surface area contributed by atoms with Crippen molar-refractivity contribution in [3.63, 3.8) is 0 Å². The molecular formula is C27H24BFN4O3. The van der Waals surface area contributed by atoms with E-state index in [0.717, 1.165) is 17.1 Å². The van der Waals surface area contributed by atoms with Crippen molar-refractivity contribution in [1.82, 2.24) is 9.13 Å². The molecule has 180 valence electrons. The van der Waals surface area contributed by atoms with Gasteiger partial charge >= 0.3 is 5.69 Å². The molecule has 0 saturated heterocycles. The molecule has 0 spiro atoms. The molecule has 9 heteroatoms. The van der Waals surface area contributed by atoms with Gasteiger partial charge in [-0.05, 0) is 41.1 Å². The lowest BCUT2D eigenvalue weighted by atomic mass is 9.91. The Morgan fingerprint density at radius 2 is 1.94 bits per heavy atom. The number of benzene rings is 3. The van der Waals surface area contributed by atoms with Crippen LogP contribution in [0.15, 0.2) is 59.4 Å². The van der Waals surface area contributed by atoms with Gasteiger partial charge in [0.05, 0.1) is 35.1 Å². The molecule has 4 aromatic rings. The molecule has 2 N–H and O–H groups in total. The fourth-order valence-corrected chi connectivity index (χ4v) is 4.07. The van der Waals surface area contributed by atoms with Gasteiger partial charge in [0.2, 0.25) is 0 Å². The van der Waals surface area contributed by atoms with Crippen LogP contribution in [0.4, 0.5) is 4.39 Å². The highest BCUT2D eigenvalue weighted by molar-refractivity contribution is 6.33. The molecule has 0 atom stereocenters. The van der Waals surface area contributed by atoms with Gasteiger partial charge < -0.3 is 15.2 Å². The van der Waals surface area contributed by atoms with Crippen molar-refractivity contribution >= 4 is 26.1 Å². The second kappa shape index (κ2) is 9.88. The van der Waals surface area contributed by atoms with E-state index in [-0.39, 0.29) is 11.3 Å². The number of halogens is 1. The molecule has 0 radical (unpaired) electrons. The molecule has 0 aliphatic carbocycles. The summed E-state index contributed by atoms with van der Waals surface area (Å²) in [6.45, 7) is 4.42. The summed E-state index contributed by atoms with van der Waals surface area (Å²) in [5, 5.41) is 10.8. The van der Waals surface area contributed by atoms with Crippen LogP contribution in [0, 0.1) is 27.7 Å². The predicted molar refractivity (Wildman–Crippen MR) is 139 cm³/mol. The molecule has 4 rings (SSSR count). The lowest BCUT2D eigenvalue weighted by Crippen LogP contribution is -2.26. The Bertz CT molecular complexity index is 1790. The Labute approximate surface area is 207 Å². The highest BCUT2D eigenvalue weighted by Gasteiger charge is 2.16. The molecule has 3 aromatic carbocycles. The summed E-state index contributed by atoms with van der Waals surface area (Å²) in [6, 6.07) is 17.1. The van der Waals surface area contributed by atoms with Gasteiger partial charge in [-0.15, -0.1) is 0 Å². The molecule has 0 unspecified atom stereocenters. The van der Waals surface area contributed by atoms with E-state index in [1.54, 1.807) is 19.2 Å². The third-order valence-electron chi connectivity index (χ3n) is 6.07. The Hall–Kier alpha value is -4.71. The zero-order chi connectivity index (χ0) is 26.0. The first kappa shape index (κ1) is 24.4. The minimum absolute atomic E-state index is 0.0182. The zero-order valence-corrected chi connectivity index (χ0v) is 20.2. The van der Waals surface area contributed by atoms with E-state index in [4.69, 9.17) is 20.5 Å². The number of ether oxygens (including phenoxy) is 2. The zero-order valence-electron chi connectivity index (χ0n) is 20.2. The fourth-order valence-electron chi connectivity index (χ4n) is 4.07. The summed E-state index contributed by atoms with van der Waals surface area (Å²) in [7, 11) is 5.07. The van der Waals surface area contributed by atoms with Crippen LogP contribution in [-0.4, -0.2) is 24.1 Å². The summed E-state index contributed by atoms with van der Waals surface area (Å²) in [6.07, 6.45) is 1.28. The Balaban J connectivity index is 2.07. The van der Waals surface area contributed by atoms with Gasteiger partial charge in [0.25, 0.3) is 0 Å². The van der Waals surface area contributed by atoms with E-state index in [2.05, 4.69) is 6.58 Å². The third kappa shape index (κ3) is 4.25. The average molecular weight is 482 g/mol. The third-order valence-corrected chi connectivity index (χ3v) is 6.07. The van der Waals surface area contributed by atoms with Crippen molar-refractivity contribution in [2.24, 2.45) is 12.8 Å². The fraction of sp³-hybridized carbons (Fsp3) is 0.111. The molecule has 0 aliphatic heterocycles. The van der Waals surface area contributed by atoms with Crippen molar-refractivity contribution in [1.29, 1.82) is 5.26 Å². The van der Waals surface area contributed by atoms with Crippen LogP contribution in [0.25, 0.3) is 18.5 Å². The van der Waals surface area contributed by atoms with E-state index >= 15 is 4.39 Å². The molecule has 7 nitrogen and oxygen atoms in total. The van der Waals surface area contributed by atoms with E-state index in [0.29, 0.717) is 39.2 Å². The first-order valence-corrected chi connectivity index (χ1v) is 11.1. The van der Waals surface area contributed by atoms with E-state index < -0.39 is 11.5 Å². The van der Waals surface area contributed by atoms with Gasteiger partial charge in [0.15, 0.2) is 11.5 Å². The molecule has 0 saturated carbocycles. The maximum atomic E-state index is 15.1. The Morgan fingerprint density at radius 3 is 2.58 bits per heavy atom. The standard InChI is InChI=1S/C27H24BFN4O3/c1-16-10-24(35-3)25(36-15-18-6-4-5-7-20(18)28)12-19(16)26-23(14-31)32(2)27(34)33(26)22-9-8-17(13-30)11-21(22)29/h4-12,14H,1,15,28,31H2,2-3H3/b23-14+,26-19+. The van der Waals surface area contributed by atoms with Gasteiger partial charge in [0.1, 0.15) is 20.3 Å². The summed E-state index contributed by atoms with van der Waals surface area (Å²) >= 11 is 0. The first-order valence-electron chi connectivity index (χ1n) is 11.1. The molecule has 1 heterocycles. The largest absolute Gasteiger partial charge is 0.493 e. The van der Waals surface area contributed by atoms with Crippen LogP contribution in [0.5, 0.6) is 11.5 Å². The summed E-state index contributed by atoms with van der Waals surface area (Å²) < 4.78 is 29.3. The molecule has 36 heavy (non-hydrogen) atoms. The van der Waals surface area contributed by atoms with Crippen LogP contribution in [0.2, 0.25) is 0 Å². The number of hydrogen-bond acceptors (Lipinski definition) is 5. The van der Waals surface area contributed by atoms with E-state index in [1.807, 2.05) is 38.2 Å². The highest BCUT2D eigenvalue weighted by Crippen LogP contribution is 2.26. The number of methoxy groups -OCH3 is 1. The molecule has 0 aliphatic rings. The maximum Gasteiger partial charge on any atom is 0.333 e. The van der Waals surface area contributed by atoms with Crippen molar-refractivity contribution in [2.45, 2.75) is 6.61 Å². The van der Waals surface area contributed by atoms with E-state index in [9.17, 15) is 4.79 Å². The smallest absolute Gasteiger partial charge is 0.333 e. The van der Waals surface area contributed by atoms with Crippen LogP contribution < -0.4 is 36.9 Å². The number of imidazole rings is 1. The van der Waals surface area contributed by atoms with Gasteiger partial charge in [-0.3, -0.25) is 9.13 Å². The van der Waals surface area contributed by atoms with Crippen molar-refractivity contribution in [3.8, 4) is 23.3 Å². The highest BCUT2D eigenvalue weighted by atomic mass is 19.1. The van der Waals surface area contributed by atoms with Gasteiger partial charge in [0, 0.05) is 18.5 Å². The number of hydrogen-bond donors (Lipinski definition) is 1. The number of rotatable bonds is 5. The van der Waals surface area contributed by atoms with Crippen LogP contribution in [0.1, 0.15) is 11.1 Å². The Kier molecular flexibility index (Phi) is 6.70. The number of nitriles is 1. The number of nitrogens with zero attached hydrogens (tertiary/aromatic N) is 3. The minimum Gasteiger partial charge on any atom is -0.493 e. The molecule has 0 amide bonds. The van der Waals surface area contributed by atoms with Crippen LogP contribution in [0.3, 0.4) is 0 Å². The van der Waals surface area contributed by atoms with Crippen LogP contribution >= 0.6 is 0 Å². The molecule has 1 aromatic heterocycles. The molecule has 0 bridgehead atoms. The number of nitrogens with two attached hydrogens (primary N) is 1. The molecular weight excluding hydrogens is 458 g/mol. The second-order valence-electron chi connectivity index (χ2n) is 8.23. The minimum atomic E-state index is -0.721. The quantitative estimate of drug-likeness (QED) is 0.417. The van der Waals surface area contributed by atoms with Crippen LogP contribution in [-0.2, 0) is 13.7 Å². The van der Waals surface area contributed by atoms with E-state index in [1.165, 1.54) is 34.6 Å². The van der Waals surface area contributed by atoms with Crippen molar-refractivity contribution in [2.75, 3.05) is 7.11 Å². The topological polar surface area (TPSA) is 95.2 Å². The van der Waals surface area contributed by atoms with Gasteiger partial charge in [-0.25, -0.2) is 9.18 Å². The second-order valence-corrected chi connectivity index (χ2v) is 8.23. The normalized spacial score (nSPS) is 12.3. The summed E-state index contributed by atoms with van der Waals surface area (Å²) in [4.78, 5) is 13.3. The molecule has 0 fully saturated rings. The summed E-state index contributed by atoms with van der Waals surface area (Å²) in [5.74, 6) is 0.168. The number of aromatic nitrogens is 2. The Morgan fingerprint density at radius 1 is 1.19 bits per heavy atom. The lowest BCUT2D eigenvalue weighted by molar-refractivity contribution is 0.285. The SMILES string of the molecule is Bc1ccccc1COc1c/c(=c2/c(=C\N)n(C)c(=O)n2-c2ccc(C#N)cc2F)c(=C)cc1OC.